The molecule has 1 amide bonds. The van der Waals surface area contributed by atoms with Gasteiger partial charge in [0, 0.05) is 6.54 Å². The van der Waals surface area contributed by atoms with E-state index in [1.807, 2.05) is 12.1 Å². The number of halogens is 1. The predicted molar refractivity (Wildman–Crippen MR) is 63.2 cm³/mol. The van der Waals surface area contributed by atoms with Gasteiger partial charge in [-0.1, -0.05) is 24.3 Å². The lowest BCUT2D eigenvalue weighted by molar-refractivity contribution is -0.120. The van der Waals surface area contributed by atoms with E-state index >= 15 is 0 Å². The van der Waals surface area contributed by atoms with Gasteiger partial charge in [-0.2, -0.15) is 0 Å². The third kappa shape index (κ3) is 3.92. The average Bonchev–Trinajstić information content (AvgIpc) is 2.20. The fourth-order valence-electron chi connectivity index (χ4n) is 1.35. The van der Waals surface area contributed by atoms with Crippen molar-refractivity contribution < 1.29 is 4.79 Å². The number of amides is 1. The second-order valence-electron chi connectivity index (χ2n) is 3.58. The van der Waals surface area contributed by atoms with Crippen LogP contribution in [0.3, 0.4) is 0 Å². The van der Waals surface area contributed by atoms with Crippen molar-refractivity contribution in [1.82, 2.24) is 5.32 Å². The van der Waals surface area contributed by atoms with Crippen molar-refractivity contribution in [2.75, 3.05) is 6.54 Å². The molecule has 0 aliphatic carbocycles. The number of carbonyl (C=O) groups excluding carboxylic acids is 1. The Labute approximate surface area is 95.6 Å². The molecular formula is C12H16ClNO. The van der Waals surface area contributed by atoms with Crippen LogP contribution in [0, 0.1) is 6.92 Å². The standard InChI is InChI=1S/C12H16ClNO/c1-9-5-3-4-6-11(9)7-8-14-12(15)10(2)13/h3-6,10H,7-8H2,1-2H3,(H,14,15)/t10-/m0/s1. The summed E-state index contributed by atoms with van der Waals surface area (Å²) in [5.41, 5.74) is 2.52. The predicted octanol–water partition coefficient (Wildman–Crippen LogP) is 2.28. The van der Waals surface area contributed by atoms with E-state index in [0.29, 0.717) is 6.54 Å². The zero-order valence-corrected chi connectivity index (χ0v) is 9.84. The number of benzene rings is 1. The summed E-state index contributed by atoms with van der Waals surface area (Å²) in [5, 5.41) is 2.33. The molecule has 0 saturated carbocycles. The molecule has 0 heterocycles. The molecule has 0 unspecified atom stereocenters. The number of hydrogen-bond acceptors (Lipinski definition) is 1. The maximum Gasteiger partial charge on any atom is 0.237 e. The van der Waals surface area contributed by atoms with Crippen molar-refractivity contribution >= 4 is 17.5 Å². The number of aryl methyl sites for hydroxylation is 1. The highest BCUT2D eigenvalue weighted by Crippen LogP contribution is 2.06. The van der Waals surface area contributed by atoms with E-state index in [2.05, 4.69) is 24.4 Å². The molecule has 3 heteroatoms. The van der Waals surface area contributed by atoms with E-state index in [1.165, 1.54) is 11.1 Å². The Hall–Kier alpha value is -1.02. The van der Waals surface area contributed by atoms with Crippen LogP contribution in [0.5, 0.6) is 0 Å². The summed E-state index contributed by atoms with van der Waals surface area (Å²) < 4.78 is 0. The van der Waals surface area contributed by atoms with E-state index in [-0.39, 0.29) is 5.91 Å². The first-order valence-corrected chi connectivity index (χ1v) is 5.51. The minimum absolute atomic E-state index is 0.106. The third-order valence-corrected chi connectivity index (χ3v) is 2.51. The zero-order valence-electron chi connectivity index (χ0n) is 9.09. The Bertz CT molecular complexity index is 336. The minimum atomic E-state index is -0.457. The number of rotatable bonds is 4. The van der Waals surface area contributed by atoms with Gasteiger partial charge in [-0.05, 0) is 31.4 Å². The summed E-state index contributed by atoms with van der Waals surface area (Å²) in [5.74, 6) is -0.106. The van der Waals surface area contributed by atoms with Crippen LogP contribution in [0.1, 0.15) is 18.1 Å². The SMILES string of the molecule is Cc1ccccc1CCNC(=O)[C@H](C)Cl. The third-order valence-electron chi connectivity index (χ3n) is 2.32. The van der Waals surface area contributed by atoms with E-state index in [4.69, 9.17) is 11.6 Å². The number of nitrogens with one attached hydrogen (secondary N) is 1. The second kappa shape index (κ2) is 5.76. The summed E-state index contributed by atoms with van der Waals surface area (Å²) in [7, 11) is 0. The van der Waals surface area contributed by atoms with Gasteiger partial charge in [0.05, 0.1) is 0 Å². The van der Waals surface area contributed by atoms with Crippen molar-refractivity contribution in [3.05, 3.63) is 35.4 Å². The van der Waals surface area contributed by atoms with Crippen LogP contribution in [-0.4, -0.2) is 17.8 Å². The molecule has 0 aromatic heterocycles. The molecule has 0 aliphatic heterocycles. The lowest BCUT2D eigenvalue weighted by Crippen LogP contribution is -2.31. The van der Waals surface area contributed by atoms with Gasteiger partial charge in [0.25, 0.3) is 0 Å². The molecule has 1 atom stereocenters. The summed E-state index contributed by atoms with van der Waals surface area (Å²) in [6, 6.07) is 8.17. The molecule has 0 radical (unpaired) electrons. The molecule has 0 fully saturated rings. The van der Waals surface area contributed by atoms with Crippen LogP contribution in [0.15, 0.2) is 24.3 Å². The largest absolute Gasteiger partial charge is 0.354 e. The van der Waals surface area contributed by atoms with Crippen LogP contribution in [-0.2, 0) is 11.2 Å². The lowest BCUT2D eigenvalue weighted by Gasteiger charge is -2.08. The molecular weight excluding hydrogens is 210 g/mol. The van der Waals surface area contributed by atoms with E-state index in [9.17, 15) is 4.79 Å². The molecule has 82 valence electrons. The summed E-state index contributed by atoms with van der Waals surface area (Å²) in [6.07, 6.45) is 0.849. The number of carbonyl (C=O) groups is 1. The van der Waals surface area contributed by atoms with Crippen LogP contribution in [0.2, 0.25) is 0 Å². The second-order valence-corrected chi connectivity index (χ2v) is 4.24. The number of alkyl halides is 1. The molecule has 1 rings (SSSR count). The van der Waals surface area contributed by atoms with Gasteiger partial charge >= 0.3 is 0 Å². The van der Waals surface area contributed by atoms with Gasteiger partial charge in [-0.3, -0.25) is 4.79 Å². The highest BCUT2D eigenvalue weighted by atomic mass is 35.5. The van der Waals surface area contributed by atoms with Gasteiger partial charge in [0.2, 0.25) is 5.91 Å². The Balaban J connectivity index is 2.38. The molecule has 1 N–H and O–H groups in total. The van der Waals surface area contributed by atoms with Crippen LogP contribution in [0.25, 0.3) is 0 Å². The number of hydrogen-bond donors (Lipinski definition) is 1. The first-order chi connectivity index (χ1) is 7.11. The molecule has 15 heavy (non-hydrogen) atoms. The van der Waals surface area contributed by atoms with E-state index in [1.54, 1.807) is 6.92 Å². The van der Waals surface area contributed by atoms with Gasteiger partial charge in [0.1, 0.15) is 5.38 Å². The molecule has 1 aromatic rings. The average molecular weight is 226 g/mol. The van der Waals surface area contributed by atoms with Crippen molar-refractivity contribution in [1.29, 1.82) is 0 Å². The molecule has 0 saturated heterocycles. The highest BCUT2D eigenvalue weighted by molar-refractivity contribution is 6.30. The minimum Gasteiger partial charge on any atom is -0.354 e. The van der Waals surface area contributed by atoms with Gasteiger partial charge in [-0.15, -0.1) is 11.6 Å². The van der Waals surface area contributed by atoms with Crippen molar-refractivity contribution in [2.24, 2.45) is 0 Å². The Morgan fingerprint density at radius 1 is 1.47 bits per heavy atom. The van der Waals surface area contributed by atoms with Gasteiger partial charge in [-0.25, -0.2) is 0 Å². The van der Waals surface area contributed by atoms with Crippen LogP contribution in [0.4, 0.5) is 0 Å². The first-order valence-electron chi connectivity index (χ1n) is 5.07. The van der Waals surface area contributed by atoms with Crippen LogP contribution >= 0.6 is 11.6 Å². The first kappa shape index (κ1) is 12.1. The Morgan fingerprint density at radius 3 is 2.73 bits per heavy atom. The highest BCUT2D eigenvalue weighted by Gasteiger charge is 2.07. The van der Waals surface area contributed by atoms with E-state index in [0.717, 1.165) is 6.42 Å². The fraction of sp³-hybridized carbons (Fsp3) is 0.417. The zero-order chi connectivity index (χ0) is 11.3. The van der Waals surface area contributed by atoms with Crippen molar-refractivity contribution in [3.63, 3.8) is 0 Å². The lowest BCUT2D eigenvalue weighted by atomic mass is 10.1. The fourth-order valence-corrected chi connectivity index (χ4v) is 1.43. The van der Waals surface area contributed by atoms with Gasteiger partial charge in [0.15, 0.2) is 0 Å². The molecule has 2 nitrogen and oxygen atoms in total. The summed E-state index contributed by atoms with van der Waals surface area (Å²) in [6.45, 7) is 4.38. The quantitative estimate of drug-likeness (QED) is 0.783. The summed E-state index contributed by atoms with van der Waals surface area (Å²) >= 11 is 5.63. The summed E-state index contributed by atoms with van der Waals surface area (Å²) in [4.78, 5) is 11.2. The molecule has 0 bridgehead atoms. The Kier molecular flexibility index (Phi) is 4.63. The molecule has 0 spiro atoms. The van der Waals surface area contributed by atoms with Crippen molar-refractivity contribution in [2.45, 2.75) is 25.6 Å². The molecule has 1 aromatic carbocycles. The maximum absolute atomic E-state index is 11.2. The Morgan fingerprint density at radius 2 is 2.13 bits per heavy atom. The van der Waals surface area contributed by atoms with Gasteiger partial charge < -0.3 is 5.32 Å². The topological polar surface area (TPSA) is 29.1 Å². The normalized spacial score (nSPS) is 12.2. The maximum atomic E-state index is 11.2. The monoisotopic (exact) mass is 225 g/mol. The smallest absolute Gasteiger partial charge is 0.237 e. The van der Waals surface area contributed by atoms with Crippen molar-refractivity contribution in [3.8, 4) is 0 Å². The molecule has 0 aliphatic rings. The van der Waals surface area contributed by atoms with Crippen LogP contribution < -0.4 is 5.32 Å². The van der Waals surface area contributed by atoms with E-state index < -0.39 is 5.38 Å².